The predicted molar refractivity (Wildman–Crippen MR) is 126 cm³/mol. The number of morpholine rings is 1. The van der Waals surface area contributed by atoms with E-state index in [1.807, 2.05) is 24.3 Å². The third-order valence-electron chi connectivity index (χ3n) is 6.65. The van der Waals surface area contributed by atoms with Crippen LogP contribution in [0.25, 0.3) is 22.0 Å². The first kappa shape index (κ1) is 19.7. The summed E-state index contributed by atoms with van der Waals surface area (Å²) in [6, 6.07) is 18.8. The number of ether oxygens (including phenoxy) is 1. The van der Waals surface area contributed by atoms with Crippen molar-refractivity contribution in [3.8, 4) is 0 Å². The number of aromatic nitrogens is 2. The van der Waals surface area contributed by atoms with Gasteiger partial charge in [-0.25, -0.2) is 9.97 Å². The van der Waals surface area contributed by atoms with E-state index in [0.29, 0.717) is 5.92 Å². The zero-order chi connectivity index (χ0) is 21.3. The van der Waals surface area contributed by atoms with Gasteiger partial charge < -0.3 is 14.1 Å². The molecule has 2 aliphatic heterocycles. The van der Waals surface area contributed by atoms with Gasteiger partial charge in [-0.1, -0.05) is 30.3 Å². The molecule has 6 rings (SSSR count). The number of para-hydroxylation sites is 3. The maximum Gasteiger partial charge on any atom is 0.199 e. The summed E-state index contributed by atoms with van der Waals surface area (Å²) >= 11 is 0. The van der Waals surface area contributed by atoms with E-state index in [0.717, 1.165) is 87.1 Å². The lowest BCUT2D eigenvalue weighted by Gasteiger charge is -2.34. The second kappa shape index (κ2) is 8.52. The van der Waals surface area contributed by atoms with E-state index in [1.54, 1.807) is 0 Å². The summed E-state index contributed by atoms with van der Waals surface area (Å²) in [5, 5.41) is 1.20. The first-order valence-electron chi connectivity index (χ1n) is 11.6. The van der Waals surface area contributed by atoms with E-state index >= 15 is 0 Å². The maximum absolute atomic E-state index is 6.11. The number of pyridine rings is 1. The molecule has 1 unspecified atom stereocenters. The Balaban J connectivity index is 1.28. The van der Waals surface area contributed by atoms with Crippen molar-refractivity contribution in [3.05, 3.63) is 66.1 Å². The Hall–Kier alpha value is -2.96. The molecule has 2 fully saturated rings. The second-order valence-corrected chi connectivity index (χ2v) is 8.86. The highest BCUT2D eigenvalue weighted by atomic mass is 16.5. The molecule has 32 heavy (non-hydrogen) atoms. The van der Waals surface area contributed by atoms with E-state index < -0.39 is 0 Å². The molecule has 0 radical (unpaired) electrons. The molecule has 0 N–H and O–H groups in total. The SMILES string of the molecule is c1ccc2nc(N3CCOCC3)c(CN3CCCC(c4nc5ccccc5o4)C3)cc2c1. The fraction of sp³-hybridized carbons (Fsp3) is 0.385. The maximum atomic E-state index is 6.11. The third-order valence-corrected chi connectivity index (χ3v) is 6.65. The monoisotopic (exact) mass is 428 g/mol. The number of oxazole rings is 1. The van der Waals surface area contributed by atoms with Crippen molar-refractivity contribution in [1.82, 2.24) is 14.9 Å². The molecule has 0 bridgehead atoms. The highest BCUT2D eigenvalue weighted by Gasteiger charge is 2.27. The van der Waals surface area contributed by atoms with Crippen LogP contribution < -0.4 is 4.90 Å². The zero-order valence-corrected chi connectivity index (χ0v) is 18.2. The van der Waals surface area contributed by atoms with Gasteiger partial charge >= 0.3 is 0 Å². The molecule has 6 heteroatoms. The summed E-state index contributed by atoms with van der Waals surface area (Å²) < 4.78 is 11.7. The molecule has 1 atom stereocenters. The van der Waals surface area contributed by atoms with Gasteiger partial charge in [-0.05, 0) is 43.7 Å². The second-order valence-electron chi connectivity index (χ2n) is 8.86. The third kappa shape index (κ3) is 3.85. The quantitative estimate of drug-likeness (QED) is 0.474. The van der Waals surface area contributed by atoms with Gasteiger partial charge in [0.2, 0.25) is 0 Å². The molecule has 2 aromatic heterocycles. The topological polar surface area (TPSA) is 54.6 Å². The zero-order valence-electron chi connectivity index (χ0n) is 18.2. The number of hydrogen-bond donors (Lipinski definition) is 0. The summed E-state index contributed by atoms with van der Waals surface area (Å²) in [6.07, 6.45) is 2.27. The van der Waals surface area contributed by atoms with Gasteiger partial charge in [0.1, 0.15) is 11.3 Å². The average molecular weight is 429 g/mol. The molecule has 164 valence electrons. The molecular formula is C26H28N4O2. The van der Waals surface area contributed by atoms with E-state index in [2.05, 4.69) is 40.1 Å². The number of rotatable bonds is 4. The number of hydrogen-bond acceptors (Lipinski definition) is 6. The van der Waals surface area contributed by atoms with Crippen LogP contribution in [0.15, 0.2) is 59.0 Å². The molecule has 2 aromatic carbocycles. The summed E-state index contributed by atoms with van der Waals surface area (Å²) in [5.74, 6) is 2.31. The molecule has 6 nitrogen and oxygen atoms in total. The van der Waals surface area contributed by atoms with Crippen LogP contribution >= 0.6 is 0 Å². The summed E-state index contributed by atoms with van der Waals surface area (Å²) in [6.45, 7) is 6.25. The Morgan fingerprint density at radius 3 is 2.59 bits per heavy atom. The minimum absolute atomic E-state index is 0.330. The van der Waals surface area contributed by atoms with E-state index in [9.17, 15) is 0 Å². The highest BCUT2D eigenvalue weighted by molar-refractivity contribution is 5.82. The fourth-order valence-corrected chi connectivity index (χ4v) is 5.02. The summed E-state index contributed by atoms with van der Waals surface area (Å²) in [5.41, 5.74) is 4.19. The molecule has 0 spiro atoms. The van der Waals surface area contributed by atoms with Gasteiger partial charge in [0, 0.05) is 43.0 Å². The normalized spacial score (nSPS) is 20.2. The van der Waals surface area contributed by atoms with Crippen LogP contribution in [0.1, 0.15) is 30.2 Å². The van der Waals surface area contributed by atoms with Crippen LogP contribution in [0.3, 0.4) is 0 Å². The van der Waals surface area contributed by atoms with Gasteiger partial charge in [-0.3, -0.25) is 4.90 Å². The van der Waals surface area contributed by atoms with Crippen LogP contribution in [-0.4, -0.2) is 54.3 Å². The summed E-state index contributed by atoms with van der Waals surface area (Å²) in [4.78, 5) is 14.8. The Morgan fingerprint density at radius 1 is 0.906 bits per heavy atom. The van der Waals surface area contributed by atoms with Crippen molar-refractivity contribution in [2.75, 3.05) is 44.3 Å². The predicted octanol–water partition coefficient (Wildman–Crippen LogP) is 4.59. The molecule has 4 heterocycles. The lowest BCUT2D eigenvalue weighted by Crippen LogP contribution is -2.39. The van der Waals surface area contributed by atoms with Crippen molar-refractivity contribution in [1.29, 1.82) is 0 Å². The minimum Gasteiger partial charge on any atom is -0.440 e. The molecule has 0 saturated carbocycles. The first-order valence-corrected chi connectivity index (χ1v) is 11.6. The van der Waals surface area contributed by atoms with Crippen LogP contribution in [0.2, 0.25) is 0 Å². The number of fused-ring (bicyclic) bond motifs is 2. The van der Waals surface area contributed by atoms with Gasteiger partial charge in [0.15, 0.2) is 11.5 Å². The van der Waals surface area contributed by atoms with Crippen LogP contribution in [0.4, 0.5) is 5.82 Å². The van der Waals surface area contributed by atoms with E-state index in [1.165, 1.54) is 10.9 Å². The van der Waals surface area contributed by atoms with Crippen molar-refractivity contribution in [2.45, 2.75) is 25.3 Å². The van der Waals surface area contributed by atoms with Crippen LogP contribution in [0, 0.1) is 0 Å². The minimum atomic E-state index is 0.330. The number of piperidine rings is 1. The Labute approximate surface area is 187 Å². The first-order chi connectivity index (χ1) is 15.8. The van der Waals surface area contributed by atoms with Crippen LogP contribution in [-0.2, 0) is 11.3 Å². The van der Waals surface area contributed by atoms with Gasteiger partial charge in [-0.15, -0.1) is 0 Å². The van der Waals surface area contributed by atoms with Crippen LogP contribution in [0.5, 0.6) is 0 Å². The lowest BCUT2D eigenvalue weighted by atomic mass is 9.97. The van der Waals surface area contributed by atoms with Crippen molar-refractivity contribution < 1.29 is 9.15 Å². The highest BCUT2D eigenvalue weighted by Crippen LogP contribution is 2.32. The van der Waals surface area contributed by atoms with Crippen molar-refractivity contribution in [3.63, 3.8) is 0 Å². The average Bonchev–Trinajstić information content (AvgIpc) is 3.29. The number of anilines is 1. The van der Waals surface area contributed by atoms with E-state index in [4.69, 9.17) is 19.1 Å². The van der Waals surface area contributed by atoms with Gasteiger partial charge in [0.25, 0.3) is 0 Å². The molecule has 0 aliphatic carbocycles. The Morgan fingerprint density at radius 2 is 1.72 bits per heavy atom. The van der Waals surface area contributed by atoms with Gasteiger partial charge in [-0.2, -0.15) is 0 Å². The molecule has 4 aromatic rings. The number of benzene rings is 2. The number of nitrogens with zero attached hydrogens (tertiary/aromatic N) is 4. The summed E-state index contributed by atoms with van der Waals surface area (Å²) in [7, 11) is 0. The van der Waals surface area contributed by atoms with Crippen molar-refractivity contribution in [2.24, 2.45) is 0 Å². The van der Waals surface area contributed by atoms with Gasteiger partial charge in [0.05, 0.1) is 18.7 Å². The lowest BCUT2D eigenvalue weighted by molar-refractivity contribution is 0.122. The number of likely N-dealkylation sites (tertiary alicyclic amines) is 1. The molecule has 2 aliphatic rings. The largest absolute Gasteiger partial charge is 0.440 e. The molecular weight excluding hydrogens is 400 g/mol. The van der Waals surface area contributed by atoms with E-state index in [-0.39, 0.29) is 0 Å². The fourth-order valence-electron chi connectivity index (χ4n) is 5.02. The molecule has 0 amide bonds. The molecule has 2 saturated heterocycles. The Kier molecular flexibility index (Phi) is 5.25. The Bertz CT molecular complexity index is 1200. The van der Waals surface area contributed by atoms with Crippen molar-refractivity contribution >= 4 is 27.8 Å². The smallest absolute Gasteiger partial charge is 0.199 e. The standard InChI is InChI=1S/C26H28N4O2/c1-2-8-22-19(6-1)16-21(25(27-22)30-12-14-31-15-13-30)18-29-11-5-7-20(17-29)26-28-23-9-3-4-10-24(23)32-26/h1-4,6,8-10,16,20H,5,7,11-15,17-18H2.